The third-order valence-electron chi connectivity index (χ3n) is 10.9. The van der Waals surface area contributed by atoms with Gasteiger partial charge < -0.3 is 20.1 Å². The lowest BCUT2D eigenvalue weighted by molar-refractivity contribution is -0.171. The molecular weight excluding hydrogens is 544 g/mol. The predicted octanol–water partition coefficient (Wildman–Crippen LogP) is 8.12. The maximum atomic E-state index is 12.3. The van der Waals surface area contributed by atoms with Gasteiger partial charge in [-0.1, -0.05) is 80.0 Å². The fourth-order valence-corrected chi connectivity index (χ4v) is 8.25. The Balaban J connectivity index is 0.000000456. The van der Waals surface area contributed by atoms with Crippen molar-refractivity contribution in [2.45, 2.75) is 139 Å². The Hall–Kier alpha value is -2.41. The van der Waals surface area contributed by atoms with Crippen molar-refractivity contribution in [3.63, 3.8) is 0 Å². The van der Waals surface area contributed by atoms with Gasteiger partial charge >= 0.3 is 11.9 Å². The maximum absolute atomic E-state index is 12.3. The Kier molecular flexibility index (Phi) is 12.5. The first-order valence-corrected chi connectivity index (χ1v) is 16.2. The van der Waals surface area contributed by atoms with Crippen LogP contribution in [0.1, 0.15) is 127 Å². The van der Waals surface area contributed by atoms with E-state index in [1.54, 1.807) is 0 Å². The van der Waals surface area contributed by atoms with Crippen molar-refractivity contribution < 1.29 is 34.4 Å². The van der Waals surface area contributed by atoms with E-state index in [1.165, 1.54) is 35.1 Å². The van der Waals surface area contributed by atoms with Crippen LogP contribution >= 0.6 is 0 Å². The Labute approximate surface area is 259 Å². The highest BCUT2D eigenvalue weighted by Crippen LogP contribution is 2.66. The second kappa shape index (κ2) is 14.6. The summed E-state index contributed by atoms with van der Waals surface area (Å²) in [6, 6.07) is 0. The number of carboxylic acid groups (broad SMARTS) is 2. The number of ether oxygens (including phenoxy) is 1. The molecule has 43 heavy (non-hydrogen) atoms. The van der Waals surface area contributed by atoms with Crippen LogP contribution in [0.15, 0.2) is 34.9 Å². The smallest absolute Gasteiger partial charge is 0.306 e. The zero-order chi connectivity index (χ0) is 32.9. The fourth-order valence-electron chi connectivity index (χ4n) is 8.25. The van der Waals surface area contributed by atoms with Crippen molar-refractivity contribution in [3.05, 3.63) is 34.9 Å². The molecule has 0 aromatic carbocycles. The van der Waals surface area contributed by atoms with Gasteiger partial charge in [-0.2, -0.15) is 0 Å². The van der Waals surface area contributed by atoms with Crippen LogP contribution in [0.25, 0.3) is 0 Å². The second-order valence-corrected chi connectivity index (χ2v) is 14.6. The summed E-state index contributed by atoms with van der Waals surface area (Å²) in [5.74, 6) is -0.682. The molecule has 0 heterocycles. The van der Waals surface area contributed by atoms with Crippen LogP contribution < -0.4 is 0 Å². The summed E-state index contributed by atoms with van der Waals surface area (Å²) < 4.78 is 5.82. The van der Waals surface area contributed by atoms with Gasteiger partial charge in [-0.15, -0.1) is 0 Å². The van der Waals surface area contributed by atoms with Crippen LogP contribution in [0.5, 0.6) is 0 Å². The molecule has 0 bridgehead atoms. The molecule has 3 N–H and O–H groups in total. The summed E-state index contributed by atoms with van der Waals surface area (Å²) in [4.78, 5) is 32.1. The SMILES string of the molecule is C=C(CCC)C(C)C.CC(=O)O.CC1CC=C2C3=C([C@@H](O)CC21C)C1(C)CCC(OC(=O)CCC(=O)O)C(C)(C)C1CC3. The van der Waals surface area contributed by atoms with E-state index in [0.717, 1.165) is 45.4 Å². The van der Waals surface area contributed by atoms with Gasteiger partial charge in [-0.3, -0.25) is 14.4 Å². The molecule has 244 valence electrons. The quantitative estimate of drug-likeness (QED) is 0.199. The Morgan fingerprint density at radius 2 is 1.65 bits per heavy atom. The number of allylic oxidation sites excluding steroid dienone is 4. The summed E-state index contributed by atoms with van der Waals surface area (Å²) >= 11 is 0. The first-order chi connectivity index (χ1) is 19.8. The average molecular weight is 603 g/mol. The molecule has 7 heteroatoms. The minimum absolute atomic E-state index is 0.0772. The molecule has 0 aliphatic heterocycles. The molecule has 0 radical (unpaired) electrons. The normalized spacial score (nSPS) is 32.0. The summed E-state index contributed by atoms with van der Waals surface area (Å²) in [5, 5.41) is 27.7. The summed E-state index contributed by atoms with van der Waals surface area (Å²) in [6.45, 7) is 22.9. The monoisotopic (exact) mass is 602 g/mol. The summed E-state index contributed by atoms with van der Waals surface area (Å²) in [7, 11) is 0. The molecule has 5 unspecified atom stereocenters. The van der Waals surface area contributed by atoms with Gasteiger partial charge in [-0.25, -0.2) is 0 Å². The molecule has 0 aromatic heterocycles. The van der Waals surface area contributed by atoms with E-state index in [2.05, 4.69) is 68.0 Å². The minimum atomic E-state index is -0.979. The van der Waals surface area contributed by atoms with Crippen molar-refractivity contribution >= 4 is 17.9 Å². The molecular formula is C36H58O7. The first-order valence-electron chi connectivity index (χ1n) is 16.2. The Morgan fingerprint density at radius 3 is 2.16 bits per heavy atom. The van der Waals surface area contributed by atoms with E-state index in [9.17, 15) is 14.7 Å². The third-order valence-corrected chi connectivity index (χ3v) is 10.9. The molecule has 4 rings (SSSR count). The van der Waals surface area contributed by atoms with Crippen LogP contribution in [0, 0.1) is 34.0 Å². The first kappa shape index (κ1) is 36.8. The predicted molar refractivity (Wildman–Crippen MR) is 170 cm³/mol. The van der Waals surface area contributed by atoms with E-state index in [4.69, 9.17) is 19.7 Å². The Bertz CT molecular complexity index is 1110. The van der Waals surface area contributed by atoms with Gasteiger partial charge in [0.1, 0.15) is 6.10 Å². The number of hydrogen-bond donors (Lipinski definition) is 3. The number of carbonyl (C=O) groups is 3. The number of carboxylic acids is 2. The summed E-state index contributed by atoms with van der Waals surface area (Å²) in [5.41, 5.74) is 5.28. The fraction of sp³-hybridized carbons (Fsp3) is 0.750. The van der Waals surface area contributed by atoms with Crippen LogP contribution in [0.2, 0.25) is 0 Å². The average Bonchev–Trinajstić information content (AvgIpc) is 3.18. The lowest BCUT2D eigenvalue weighted by Gasteiger charge is -2.60. The van der Waals surface area contributed by atoms with Crippen molar-refractivity contribution in [3.8, 4) is 0 Å². The number of aliphatic hydroxyl groups is 1. The number of hydrogen-bond acceptors (Lipinski definition) is 5. The van der Waals surface area contributed by atoms with Gasteiger partial charge in [-0.05, 0) is 90.2 Å². The molecule has 4 aliphatic rings. The lowest BCUT2D eigenvalue weighted by Crippen LogP contribution is -2.56. The van der Waals surface area contributed by atoms with E-state index in [-0.39, 0.29) is 35.2 Å². The number of rotatable bonds is 7. The minimum Gasteiger partial charge on any atom is -0.481 e. The largest absolute Gasteiger partial charge is 0.481 e. The number of fused-ring (bicyclic) bond motifs is 4. The number of aliphatic hydroxyl groups excluding tert-OH is 1. The van der Waals surface area contributed by atoms with Crippen molar-refractivity contribution in [2.24, 2.45) is 34.0 Å². The van der Waals surface area contributed by atoms with Crippen molar-refractivity contribution in [2.75, 3.05) is 0 Å². The molecule has 1 fully saturated rings. The van der Waals surface area contributed by atoms with Crippen LogP contribution in [0.4, 0.5) is 0 Å². The van der Waals surface area contributed by atoms with E-state index < -0.39 is 24.0 Å². The van der Waals surface area contributed by atoms with E-state index in [0.29, 0.717) is 17.8 Å². The van der Waals surface area contributed by atoms with Crippen LogP contribution in [-0.4, -0.2) is 45.4 Å². The maximum Gasteiger partial charge on any atom is 0.306 e. The summed E-state index contributed by atoms with van der Waals surface area (Å²) in [6.07, 6.45) is 9.48. The van der Waals surface area contributed by atoms with Gasteiger partial charge in [0.2, 0.25) is 0 Å². The van der Waals surface area contributed by atoms with Gasteiger partial charge in [0.25, 0.3) is 5.97 Å². The van der Waals surface area contributed by atoms with Crippen molar-refractivity contribution in [1.29, 1.82) is 0 Å². The molecule has 6 atom stereocenters. The van der Waals surface area contributed by atoms with E-state index in [1.807, 2.05) is 0 Å². The van der Waals surface area contributed by atoms with E-state index >= 15 is 0 Å². The van der Waals surface area contributed by atoms with Crippen molar-refractivity contribution in [1.82, 2.24) is 0 Å². The zero-order valence-electron chi connectivity index (χ0n) is 28.2. The Morgan fingerprint density at radius 1 is 1.05 bits per heavy atom. The molecule has 0 saturated heterocycles. The molecule has 0 aromatic rings. The van der Waals surface area contributed by atoms with Gasteiger partial charge in [0.05, 0.1) is 18.9 Å². The van der Waals surface area contributed by atoms with Crippen LogP contribution in [0.3, 0.4) is 0 Å². The number of aliphatic carboxylic acids is 2. The molecule has 4 aliphatic carbocycles. The molecule has 1 saturated carbocycles. The van der Waals surface area contributed by atoms with Gasteiger partial charge in [0.15, 0.2) is 0 Å². The highest BCUT2D eigenvalue weighted by Gasteiger charge is 2.59. The molecule has 7 nitrogen and oxygen atoms in total. The highest BCUT2D eigenvalue weighted by atomic mass is 16.5. The topological polar surface area (TPSA) is 121 Å². The number of esters is 1. The third kappa shape index (κ3) is 8.20. The zero-order valence-corrected chi connectivity index (χ0v) is 28.2. The van der Waals surface area contributed by atoms with Gasteiger partial charge in [0, 0.05) is 12.3 Å². The second-order valence-electron chi connectivity index (χ2n) is 14.6. The molecule has 0 amide bonds. The number of carbonyl (C=O) groups excluding carboxylic acids is 1. The molecule has 0 spiro atoms. The lowest BCUT2D eigenvalue weighted by atomic mass is 9.46. The standard InChI is InChI=1S/C26H38O5.C8H16.C2H4O2/c1-15-6-8-17-16-7-9-19-24(2,3)20(31-22(30)11-10-21(28)29)12-13-25(19,4)23(16)18(27)14-26(15,17)5;1-5-6-8(4)7(2)3;1-2(3)4/h8,15,18-20,27H,6-7,9-14H2,1-5H3,(H,28,29);7H,4-6H2,1-3H3;1H3,(H,3,4)/t15?,18-,19?,20?,25?,26?;;/m0../s1. The highest BCUT2D eigenvalue weighted by molar-refractivity contribution is 5.76. The van der Waals surface area contributed by atoms with Crippen LogP contribution in [-0.2, 0) is 19.1 Å².